The van der Waals surface area contributed by atoms with Gasteiger partial charge < -0.3 is 30.3 Å². The number of aromatic nitrogens is 2. The highest BCUT2D eigenvalue weighted by atomic mass is 127. The van der Waals surface area contributed by atoms with Crippen LogP contribution in [0.15, 0.2) is 15.8 Å². The van der Waals surface area contributed by atoms with Gasteiger partial charge in [0, 0.05) is 6.20 Å². The normalized spacial score (nSPS) is 29.4. The van der Waals surface area contributed by atoms with Crippen molar-refractivity contribution < 1.29 is 35.1 Å². The molecule has 2 unspecified atom stereocenters. The number of ether oxygens (including phenoxy) is 1. The summed E-state index contributed by atoms with van der Waals surface area (Å²) in [4.78, 5) is 36.6. The summed E-state index contributed by atoms with van der Waals surface area (Å²) in [5.41, 5.74) is -2.40. The van der Waals surface area contributed by atoms with Gasteiger partial charge in [0.15, 0.2) is 6.23 Å². The molecular formula is C12H15IN2O9. The van der Waals surface area contributed by atoms with Gasteiger partial charge >= 0.3 is 11.7 Å². The fourth-order valence-corrected chi connectivity index (χ4v) is 2.69. The molecule has 0 bridgehead atoms. The maximum Gasteiger partial charge on any atom is 0.330 e. The van der Waals surface area contributed by atoms with E-state index in [4.69, 9.17) is 14.9 Å². The summed E-state index contributed by atoms with van der Waals surface area (Å²) in [6.45, 7) is -0.614. The molecule has 1 fully saturated rings. The summed E-state index contributed by atoms with van der Waals surface area (Å²) in [6.07, 6.45) is -6.48. The molecule has 0 aromatic carbocycles. The van der Waals surface area contributed by atoms with E-state index in [0.29, 0.717) is 4.57 Å². The number of hydrogen-bond donors (Lipinski definition) is 6. The number of alkyl halides is 1. The van der Waals surface area contributed by atoms with Gasteiger partial charge in [-0.05, 0) is 0 Å². The number of aliphatic hydroxyl groups excluding tert-OH is 4. The minimum absolute atomic E-state index is 0.422. The first-order valence-electron chi connectivity index (χ1n) is 6.71. The predicted molar refractivity (Wildman–Crippen MR) is 84.7 cm³/mol. The van der Waals surface area contributed by atoms with Crippen LogP contribution in [0.5, 0.6) is 0 Å². The Labute approximate surface area is 147 Å². The standard InChI is InChI=1S/C12H15IN2O9/c13-5(11(21)22)6(17)3-1-15(12(23)14-9(3)20)10-8(19)7(18)4(2-16)24-10/h1,4-8,10,16-19H,2H2,(H,21,22)(H,14,20,23)/t4-,5?,6?,7-,8-,10-/m1/s1. The Morgan fingerprint density at radius 2 is 2.00 bits per heavy atom. The van der Waals surface area contributed by atoms with Gasteiger partial charge in [-0.2, -0.15) is 0 Å². The Morgan fingerprint density at radius 3 is 2.50 bits per heavy atom. The second-order valence-corrected chi connectivity index (χ2v) is 6.51. The molecule has 1 saturated heterocycles. The third-order valence-electron chi connectivity index (χ3n) is 3.62. The van der Waals surface area contributed by atoms with E-state index >= 15 is 0 Å². The molecule has 2 heterocycles. The number of aromatic amines is 1. The fourth-order valence-electron chi connectivity index (χ4n) is 2.30. The topological polar surface area (TPSA) is 182 Å². The molecule has 134 valence electrons. The van der Waals surface area contributed by atoms with Crippen molar-refractivity contribution in [3.05, 3.63) is 32.6 Å². The smallest absolute Gasteiger partial charge is 0.330 e. The molecule has 0 radical (unpaired) electrons. The highest BCUT2D eigenvalue weighted by Gasteiger charge is 2.44. The van der Waals surface area contributed by atoms with Gasteiger partial charge in [-0.15, -0.1) is 0 Å². The van der Waals surface area contributed by atoms with Crippen molar-refractivity contribution in [2.24, 2.45) is 0 Å². The van der Waals surface area contributed by atoms with Gasteiger partial charge in [0.05, 0.1) is 12.2 Å². The van der Waals surface area contributed by atoms with E-state index in [0.717, 1.165) is 6.20 Å². The molecule has 0 spiro atoms. The molecule has 11 nitrogen and oxygen atoms in total. The van der Waals surface area contributed by atoms with Crippen molar-refractivity contribution in [3.8, 4) is 0 Å². The number of nitrogens with one attached hydrogen (secondary N) is 1. The highest BCUT2D eigenvalue weighted by molar-refractivity contribution is 14.1. The van der Waals surface area contributed by atoms with E-state index in [9.17, 15) is 29.7 Å². The van der Waals surface area contributed by atoms with Gasteiger partial charge in [0.25, 0.3) is 5.56 Å². The molecule has 1 aromatic rings. The van der Waals surface area contributed by atoms with Crippen LogP contribution in [-0.4, -0.2) is 69.9 Å². The summed E-state index contributed by atoms with van der Waals surface area (Å²) in [7, 11) is 0. The summed E-state index contributed by atoms with van der Waals surface area (Å²) >= 11 is 1.42. The Balaban J connectivity index is 2.46. The Bertz CT molecular complexity index is 732. The molecule has 1 aliphatic rings. The van der Waals surface area contributed by atoms with Crippen LogP contribution in [0, 0.1) is 0 Å². The number of rotatable bonds is 5. The molecule has 0 amide bonds. The number of carboxylic acid groups (broad SMARTS) is 1. The van der Waals surface area contributed by atoms with Crippen LogP contribution in [0.4, 0.5) is 0 Å². The lowest BCUT2D eigenvalue weighted by Gasteiger charge is -2.20. The van der Waals surface area contributed by atoms with Gasteiger partial charge in [0.2, 0.25) is 0 Å². The summed E-state index contributed by atoms with van der Waals surface area (Å²) < 4.78 is 4.53. The SMILES string of the molecule is O=C(O)C(I)C(O)c1cn([C@@H]2O[C@H](CO)[C@@H](O)[C@H]2O)c(=O)[nH]c1=O. The summed E-state index contributed by atoms with van der Waals surface area (Å²) in [5, 5.41) is 47.6. The largest absolute Gasteiger partial charge is 0.480 e. The van der Waals surface area contributed by atoms with E-state index in [1.54, 1.807) is 0 Å². The van der Waals surface area contributed by atoms with Gasteiger partial charge in [-0.3, -0.25) is 19.1 Å². The summed E-state index contributed by atoms with van der Waals surface area (Å²) in [6, 6.07) is 0. The lowest BCUT2D eigenvalue weighted by molar-refractivity contribution is -0.137. The average Bonchev–Trinajstić information content (AvgIpc) is 2.81. The minimum Gasteiger partial charge on any atom is -0.480 e. The number of halogens is 1. The Hall–Kier alpha value is -1.32. The van der Waals surface area contributed by atoms with Crippen molar-refractivity contribution in [3.63, 3.8) is 0 Å². The molecular weight excluding hydrogens is 443 g/mol. The van der Waals surface area contributed by atoms with E-state index < -0.39 is 64.0 Å². The molecule has 2 rings (SSSR count). The first kappa shape index (κ1) is 19.0. The lowest BCUT2D eigenvalue weighted by atomic mass is 10.1. The van der Waals surface area contributed by atoms with Crippen molar-refractivity contribution in [1.82, 2.24) is 9.55 Å². The predicted octanol–water partition coefficient (Wildman–Crippen LogP) is -2.93. The monoisotopic (exact) mass is 458 g/mol. The van der Waals surface area contributed by atoms with E-state index in [1.807, 2.05) is 4.98 Å². The number of carbonyl (C=O) groups is 1. The van der Waals surface area contributed by atoms with Crippen LogP contribution in [0.3, 0.4) is 0 Å². The third kappa shape index (κ3) is 3.38. The number of nitrogens with zero attached hydrogens (tertiary/aromatic N) is 1. The van der Waals surface area contributed by atoms with Crippen LogP contribution in [0.1, 0.15) is 17.9 Å². The average molecular weight is 458 g/mol. The van der Waals surface area contributed by atoms with Crippen LogP contribution < -0.4 is 11.2 Å². The number of aliphatic carboxylic acids is 1. The number of H-pyrrole nitrogens is 1. The Morgan fingerprint density at radius 1 is 1.38 bits per heavy atom. The zero-order valence-corrected chi connectivity index (χ0v) is 14.1. The van der Waals surface area contributed by atoms with Crippen molar-refractivity contribution in [1.29, 1.82) is 0 Å². The van der Waals surface area contributed by atoms with Gasteiger partial charge in [-0.25, -0.2) is 4.79 Å². The van der Waals surface area contributed by atoms with Crippen LogP contribution >= 0.6 is 22.6 Å². The molecule has 6 N–H and O–H groups in total. The third-order valence-corrected chi connectivity index (χ3v) is 4.83. The van der Waals surface area contributed by atoms with Crippen LogP contribution in [0.2, 0.25) is 0 Å². The maximum absolute atomic E-state index is 11.9. The minimum atomic E-state index is -1.73. The molecule has 6 atom stereocenters. The molecule has 0 aliphatic carbocycles. The Kier molecular flexibility index (Phi) is 5.77. The van der Waals surface area contributed by atoms with Crippen LogP contribution in [0.25, 0.3) is 0 Å². The highest BCUT2D eigenvalue weighted by Crippen LogP contribution is 2.29. The summed E-state index contributed by atoms with van der Waals surface area (Å²) in [5.74, 6) is -1.37. The zero-order chi connectivity index (χ0) is 18.2. The fraction of sp³-hybridized carbons (Fsp3) is 0.583. The first-order valence-corrected chi connectivity index (χ1v) is 7.96. The molecule has 1 aliphatic heterocycles. The van der Waals surface area contributed by atoms with E-state index in [2.05, 4.69) is 0 Å². The quantitative estimate of drug-likeness (QED) is 0.199. The maximum atomic E-state index is 11.9. The molecule has 24 heavy (non-hydrogen) atoms. The molecule has 0 saturated carbocycles. The second-order valence-electron chi connectivity index (χ2n) is 5.16. The van der Waals surface area contributed by atoms with E-state index in [-0.39, 0.29) is 0 Å². The van der Waals surface area contributed by atoms with Gasteiger partial charge in [0.1, 0.15) is 28.3 Å². The van der Waals surface area contributed by atoms with Crippen molar-refractivity contribution in [2.45, 2.75) is 34.6 Å². The van der Waals surface area contributed by atoms with Crippen LogP contribution in [-0.2, 0) is 9.53 Å². The second kappa shape index (κ2) is 7.28. The number of aliphatic hydroxyl groups is 4. The van der Waals surface area contributed by atoms with Gasteiger partial charge in [-0.1, -0.05) is 22.6 Å². The lowest BCUT2D eigenvalue weighted by Crippen LogP contribution is -2.40. The molecule has 1 aromatic heterocycles. The van der Waals surface area contributed by atoms with Crippen molar-refractivity contribution >= 4 is 28.6 Å². The first-order chi connectivity index (χ1) is 11.2. The molecule has 12 heteroatoms. The number of hydrogen-bond acceptors (Lipinski definition) is 8. The number of carboxylic acids is 1. The van der Waals surface area contributed by atoms with Crippen molar-refractivity contribution in [2.75, 3.05) is 6.61 Å². The zero-order valence-electron chi connectivity index (χ0n) is 11.9. The van der Waals surface area contributed by atoms with E-state index in [1.165, 1.54) is 22.6 Å².